The Kier molecular flexibility index (Phi) is 4.45. The van der Waals surface area contributed by atoms with E-state index >= 15 is 0 Å². The minimum absolute atomic E-state index is 0.147. The van der Waals surface area contributed by atoms with Crippen LogP contribution in [0.4, 0.5) is 8.78 Å². The molecule has 1 unspecified atom stereocenters. The lowest BCUT2D eigenvalue weighted by molar-refractivity contribution is 0.0990. The number of carbonyl (C=O) groups is 1. The summed E-state index contributed by atoms with van der Waals surface area (Å²) in [6.45, 7) is 1.42. The summed E-state index contributed by atoms with van der Waals surface area (Å²) in [7, 11) is 0. The Labute approximate surface area is 135 Å². The summed E-state index contributed by atoms with van der Waals surface area (Å²) in [4.78, 5) is 12.4. The summed E-state index contributed by atoms with van der Waals surface area (Å²) >= 11 is 1.16. The number of hydrogen-bond donors (Lipinski definition) is 1. The Hall–Kier alpha value is -1.80. The molecule has 1 aliphatic rings. The summed E-state index contributed by atoms with van der Waals surface area (Å²) in [5, 5.41) is 17.2. The minimum Gasteiger partial charge on any atom is -0.388 e. The van der Waals surface area contributed by atoms with E-state index in [1.54, 1.807) is 6.92 Å². The van der Waals surface area contributed by atoms with E-state index in [9.17, 15) is 18.7 Å². The molecular formula is C15H15F2N3O2S. The molecule has 122 valence electrons. The molecule has 0 radical (unpaired) electrons. The number of aliphatic hydroxyl groups is 1. The summed E-state index contributed by atoms with van der Waals surface area (Å²) in [6.07, 6.45) is 1.96. The number of rotatable bonds is 6. The van der Waals surface area contributed by atoms with Crippen molar-refractivity contribution in [1.82, 2.24) is 14.8 Å². The van der Waals surface area contributed by atoms with Gasteiger partial charge in [-0.2, -0.15) is 0 Å². The van der Waals surface area contributed by atoms with Crippen LogP contribution >= 0.6 is 11.8 Å². The highest BCUT2D eigenvalue weighted by atomic mass is 32.2. The van der Waals surface area contributed by atoms with Crippen molar-refractivity contribution >= 4 is 17.5 Å². The number of nitrogens with zero attached hydrogens (tertiary/aromatic N) is 3. The van der Waals surface area contributed by atoms with Gasteiger partial charge in [0.2, 0.25) is 0 Å². The average Bonchev–Trinajstić information content (AvgIpc) is 3.27. The Balaban J connectivity index is 1.80. The number of thioether (sulfide) groups is 1. The molecule has 0 spiro atoms. The van der Waals surface area contributed by atoms with Gasteiger partial charge in [0.1, 0.15) is 18.2 Å². The van der Waals surface area contributed by atoms with Crippen molar-refractivity contribution in [3.63, 3.8) is 0 Å². The van der Waals surface area contributed by atoms with Gasteiger partial charge in [-0.25, -0.2) is 8.78 Å². The number of aliphatic hydroxyl groups excluding tert-OH is 1. The number of benzene rings is 1. The standard InChI is InChI=1S/C15H15F2N3O2S/c1-8(14(22)11-5-2-9(16)6-12(11)17)23-15-19-18-13(7-21)20(15)10-3-4-10/h2,5-6,8,10,21H,3-4,7H2,1H3. The van der Waals surface area contributed by atoms with Gasteiger partial charge in [-0.15, -0.1) is 10.2 Å². The number of halogens is 2. The second-order valence-electron chi connectivity index (χ2n) is 5.41. The van der Waals surface area contributed by atoms with Crippen LogP contribution in [-0.4, -0.2) is 30.9 Å². The third-order valence-corrected chi connectivity index (χ3v) is 4.69. The summed E-state index contributed by atoms with van der Waals surface area (Å²) in [5.74, 6) is -1.58. The van der Waals surface area contributed by atoms with Crippen LogP contribution in [0.15, 0.2) is 23.4 Å². The maximum absolute atomic E-state index is 13.7. The van der Waals surface area contributed by atoms with Crippen LogP contribution < -0.4 is 0 Å². The first-order valence-electron chi connectivity index (χ1n) is 7.21. The highest BCUT2D eigenvalue weighted by Crippen LogP contribution is 2.39. The van der Waals surface area contributed by atoms with Crippen LogP contribution in [0.2, 0.25) is 0 Å². The zero-order valence-corrected chi connectivity index (χ0v) is 13.2. The Bertz CT molecular complexity index is 746. The van der Waals surface area contributed by atoms with Crippen molar-refractivity contribution < 1.29 is 18.7 Å². The van der Waals surface area contributed by atoms with Crippen molar-refractivity contribution in [2.24, 2.45) is 0 Å². The lowest BCUT2D eigenvalue weighted by atomic mass is 10.1. The van der Waals surface area contributed by atoms with Gasteiger partial charge in [-0.1, -0.05) is 11.8 Å². The van der Waals surface area contributed by atoms with Gasteiger partial charge < -0.3 is 9.67 Å². The van der Waals surface area contributed by atoms with Crippen LogP contribution in [0.25, 0.3) is 0 Å². The number of Topliss-reactive ketones (excluding diaryl/α,β-unsaturated/α-hetero) is 1. The fourth-order valence-electron chi connectivity index (χ4n) is 2.31. The zero-order valence-electron chi connectivity index (χ0n) is 12.4. The third kappa shape index (κ3) is 3.28. The van der Waals surface area contributed by atoms with Gasteiger partial charge in [-0.3, -0.25) is 4.79 Å². The van der Waals surface area contributed by atoms with Gasteiger partial charge in [0.25, 0.3) is 0 Å². The lowest BCUT2D eigenvalue weighted by Crippen LogP contribution is -2.16. The van der Waals surface area contributed by atoms with E-state index in [4.69, 9.17) is 0 Å². The van der Waals surface area contributed by atoms with E-state index < -0.39 is 22.7 Å². The molecule has 1 aromatic carbocycles. The van der Waals surface area contributed by atoms with E-state index in [0.717, 1.165) is 36.7 Å². The largest absolute Gasteiger partial charge is 0.388 e. The zero-order chi connectivity index (χ0) is 16.6. The molecule has 0 bridgehead atoms. The SMILES string of the molecule is CC(Sc1nnc(CO)n1C1CC1)C(=O)c1ccc(F)cc1F. The maximum Gasteiger partial charge on any atom is 0.192 e. The van der Waals surface area contributed by atoms with E-state index in [-0.39, 0.29) is 18.2 Å². The van der Waals surface area contributed by atoms with Crippen molar-refractivity contribution in [2.45, 2.75) is 42.8 Å². The summed E-state index contributed by atoms with van der Waals surface area (Å²) < 4.78 is 28.5. The van der Waals surface area contributed by atoms with Crippen LogP contribution in [-0.2, 0) is 6.61 Å². The van der Waals surface area contributed by atoms with E-state index in [0.29, 0.717) is 17.0 Å². The molecule has 1 heterocycles. The number of hydrogen-bond acceptors (Lipinski definition) is 5. The van der Waals surface area contributed by atoms with Gasteiger partial charge in [0.05, 0.1) is 10.8 Å². The number of carbonyl (C=O) groups excluding carboxylic acids is 1. The molecule has 1 fully saturated rings. The first-order valence-corrected chi connectivity index (χ1v) is 8.09. The van der Waals surface area contributed by atoms with E-state index in [1.165, 1.54) is 0 Å². The molecule has 3 rings (SSSR count). The maximum atomic E-state index is 13.7. The molecule has 8 heteroatoms. The van der Waals surface area contributed by atoms with Crippen LogP contribution in [0.5, 0.6) is 0 Å². The number of ketones is 1. The smallest absolute Gasteiger partial charge is 0.192 e. The molecule has 5 nitrogen and oxygen atoms in total. The monoisotopic (exact) mass is 339 g/mol. The highest BCUT2D eigenvalue weighted by Gasteiger charge is 2.31. The van der Waals surface area contributed by atoms with Gasteiger partial charge >= 0.3 is 0 Å². The fraction of sp³-hybridized carbons (Fsp3) is 0.400. The Morgan fingerprint density at radius 1 is 1.43 bits per heavy atom. The molecule has 2 aromatic rings. The quantitative estimate of drug-likeness (QED) is 0.647. The molecular weight excluding hydrogens is 324 g/mol. The average molecular weight is 339 g/mol. The van der Waals surface area contributed by atoms with Crippen molar-refractivity contribution in [3.05, 3.63) is 41.2 Å². The molecule has 1 N–H and O–H groups in total. The van der Waals surface area contributed by atoms with Crippen LogP contribution in [0, 0.1) is 11.6 Å². The molecule has 0 saturated heterocycles. The van der Waals surface area contributed by atoms with Gasteiger partial charge in [0, 0.05) is 12.1 Å². The van der Waals surface area contributed by atoms with Crippen LogP contribution in [0.1, 0.15) is 42.0 Å². The molecule has 0 amide bonds. The molecule has 1 atom stereocenters. The third-order valence-electron chi connectivity index (χ3n) is 3.64. The highest BCUT2D eigenvalue weighted by molar-refractivity contribution is 8.00. The van der Waals surface area contributed by atoms with Crippen LogP contribution in [0.3, 0.4) is 0 Å². The molecule has 23 heavy (non-hydrogen) atoms. The van der Waals surface area contributed by atoms with E-state index in [1.807, 2.05) is 4.57 Å². The first kappa shape index (κ1) is 16.1. The topological polar surface area (TPSA) is 68.0 Å². The summed E-state index contributed by atoms with van der Waals surface area (Å²) in [6, 6.07) is 3.15. The molecule has 1 aliphatic carbocycles. The van der Waals surface area contributed by atoms with Crippen molar-refractivity contribution in [3.8, 4) is 0 Å². The predicted octanol–water partition coefficient (Wildman–Crippen LogP) is 2.75. The lowest BCUT2D eigenvalue weighted by Gasteiger charge is -2.12. The number of aromatic nitrogens is 3. The summed E-state index contributed by atoms with van der Waals surface area (Å²) in [5.41, 5.74) is -0.147. The molecule has 1 aromatic heterocycles. The fourth-order valence-corrected chi connectivity index (χ4v) is 3.32. The first-order chi connectivity index (χ1) is 11.0. The predicted molar refractivity (Wildman–Crippen MR) is 80.2 cm³/mol. The second kappa shape index (κ2) is 6.37. The van der Waals surface area contributed by atoms with Gasteiger partial charge in [-0.05, 0) is 31.9 Å². The second-order valence-corrected chi connectivity index (χ2v) is 6.71. The van der Waals surface area contributed by atoms with Gasteiger partial charge in [0.15, 0.2) is 16.8 Å². The minimum atomic E-state index is -0.873. The molecule has 1 saturated carbocycles. The Morgan fingerprint density at radius 3 is 2.78 bits per heavy atom. The van der Waals surface area contributed by atoms with E-state index in [2.05, 4.69) is 10.2 Å². The molecule has 0 aliphatic heterocycles. The Morgan fingerprint density at radius 2 is 2.17 bits per heavy atom. The van der Waals surface area contributed by atoms with Crippen molar-refractivity contribution in [2.75, 3.05) is 0 Å². The van der Waals surface area contributed by atoms with Crippen molar-refractivity contribution in [1.29, 1.82) is 0 Å². The normalized spacial score (nSPS) is 15.7.